The molecule has 1 fully saturated rings. The second kappa shape index (κ2) is 7.63. The van der Waals surface area contributed by atoms with Gasteiger partial charge in [-0.3, -0.25) is 4.79 Å². The number of ether oxygens (including phenoxy) is 1. The van der Waals surface area contributed by atoms with Gasteiger partial charge < -0.3 is 14.7 Å². The molecule has 4 nitrogen and oxygen atoms in total. The number of hydrogen-bond acceptors (Lipinski definition) is 4. The molecule has 2 aromatic carbocycles. The first-order valence-electron chi connectivity index (χ1n) is 10.0. The maximum absolute atomic E-state index is 12.6. The van der Waals surface area contributed by atoms with Crippen molar-refractivity contribution in [1.82, 2.24) is 0 Å². The second-order valence-corrected chi connectivity index (χ2v) is 7.64. The Bertz CT molecular complexity index is 818. The lowest BCUT2D eigenvalue weighted by Gasteiger charge is -2.41. The minimum absolute atomic E-state index is 0.0290. The van der Waals surface area contributed by atoms with E-state index in [0.717, 1.165) is 37.9 Å². The number of Topliss-reactive ketones (excluding diaryl/α,β-unsaturated/α-hetero) is 1. The van der Waals surface area contributed by atoms with Gasteiger partial charge in [0.15, 0.2) is 5.78 Å². The highest BCUT2D eigenvalue weighted by atomic mass is 16.5. The third-order valence-electron chi connectivity index (χ3n) is 5.77. The van der Waals surface area contributed by atoms with E-state index < -0.39 is 0 Å². The highest BCUT2D eigenvalue weighted by Crippen LogP contribution is 2.42. The quantitative estimate of drug-likeness (QED) is 0.832. The minimum Gasteiger partial charge on any atom is -0.507 e. The van der Waals surface area contributed by atoms with Crippen molar-refractivity contribution in [3.05, 3.63) is 53.6 Å². The number of nitrogens with zero attached hydrogens (tertiary/aromatic N) is 1. The van der Waals surface area contributed by atoms with Crippen molar-refractivity contribution in [2.45, 2.75) is 57.6 Å². The molecule has 0 bridgehead atoms. The lowest BCUT2D eigenvalue weighted by molar-refractivity contribution is 0.0958. The van der Waals surface area contributed by atoms with Crippen LogP contribution < -0.4 is 9.64 Å². The number of rotatable bonds is 5. The predicted molar refractivity (Wildman–Crippen MR) is 107 cm³/mol. The zero-order valence-electron chi connectivity index (χ0n) is 15.9. The van der Waals surface area contributed by atoms with Crippen molar-refractivity contribution in [3.8, 4) is 11.5 Å². The summed E-state index contributed by atoms with van der Waals surface area (Å²) in [6.45, 7) is 3.05. The first kappa shape index (κ1) is 17.9. The van der Waals surface area contributed by atoms with Gasteiger partial charge in [0, 0.05) is 37.6 Å². The van der Waals surface area contributed by atoms with E-state index in [1.165, 1.54) is 12.0 Å². The van der Waals surface area contributed by atoms with Crippen molar-refractivity contribution < 1.29 is 14.6 Å². The molecule has 4 rings (SSSR count). The second-order valence-electron chi connectivity index (χ2n) is 7.64. The van der Waals surface area contributed by atoms with E-state index in [1.807, 2.05) is 24.3 Å². The molecule has 0 aromatic heterocycles. The van der Waals surface area contributed by atoms with E-state index in [0.29, 0.717) is 17.7 Å². The average molecular weight is 365 g/mol. The summed E-state index contributed by atoms with van der Waals surface area (Å²) in [6.07, 6.45) is 5.57. The van der Waals surface area contributed by atoms with Gasteiger partial charge in [0.05, 0.1) is 11.3 Å². The van der Waals surface area contributed by atoms with E-state index >= 15 is 0 Å². The Morgan fingerprint density at radius 3 is 2.81 bits per heavy atom. The van der Waals surface area contributed by atoms with Crippen molar-refractivity contribution in [3.63, 3.8) is 0 Å². The van der Waals surface area contributed by atoms with Gasteiger partial charge in [-0.1, -0.05) is 37.3 Å². The van der Waals surface area contributed by atoms with E-state index in [1.54, 1.807) is 6.07 Å². The van der Waals surface area contributed by atoms with Crippen LogP contribution in [0.2, 0.25) is 0 Å². The lowest BCUT2D eigenvalue weighted by Crippen LogP contribution is -2.44. The highest BCUT2D eigenvalue weighted by molar-refractivity contribution is 6.06. The van der Waals surface area contributed by atoms with E-state index in [-0.39, 0.29) is 23.7 Å². The molecular weight excluding hydrogens is 338 g/mol. The topological polar surface area (TPSA) is 49.8 Å². The molecule has 2 aliphatic heterocycles. The molecule has 0 radical (unpaired) electrons. The fraction of sp³-hybridized carbons (Fsp3) is 0.435. The van der Waals surface area contributed by atoms with Crippen LogP contribution in [0.3, 0.4) is 0 Å². The summed E-state index contributed by atoms with van der Waals surface area (Å²) in [5, 5.41) is 10.5. The Morgan fingerprint density at radius 1 is 1.22 bits per heavy atom. The number of phenolic OH excluding ortho intramolecular Hbond substituents is 1. The van der Waals surface area contributed by atoms with Crippen LogP contribution in [0, 0.1) is 0 Å². The van der Waals surface area contributed by atoms with Crippen LogP contribution in [0.5, 0.6) is 11.5 Å². The molecule has 1 N–H and O–H groups in total. The number of fused-ring (bicyclic) bond motifs is 3. The third-order valence-corrected chi connectivity index (χ3v) is 5.77. The average Bonchev–Trinajstić information content (AvgIpc) is 2.68. The van der Waals surface area contributed by atoms with Gasteiger partial charge in [-0.2, -0.15) is 0 Å². The van der Waals surface area contributed by atoms with Crippen molar-refractivity contribution >= 4 is 11.5 Å². The van der Waals surface area contributed by atoms with E-state index in [2.05, 4.69) is 24.0 Å². The van der Waals surface area contributed by atoms with Crippen LogP contribution in [-0.4, -0.2) is 29.6 Å². The summed E-state index contributed by atoms with van der Waals surface area (Å²) in [4.78, 5) is 14.9. The molecule has 27 heavy (non-hydrogen) atoms. The maximum atomic E-state index is 12.6. The number of piperidine rings is 1. The number of hydrogen-bond donors (Lipinski definition) is 1. The monoisotopic (exact) mass is 365 g/mol. The summed E-state index contributed by atoms with van der Waals surface area (Å²) in [7, 11) is 0. The SMILES string of the molecule is CCC(Cc1ccccc1)Oc1cc(O)c2c(c1)N1CCCCC1CC2=O. The molecule has 0 aliphatic carbocycles. The zero-order valence-corrected chi connectivity index (χ0v) is 15.9. The molecule has 2 aromatic rings. The molecule has 2 aliphatic rings. The molecule has 2 atom stereocenters. The van der Waals surface area contributed by atoms with Crippen molar-refractivity contribution in [2.75, 3.05) is 11.4 Å². The number of carbonyl (C=O) groups excluding carboxylic acids is 1. The van der Waals surface area contributed by atoms with Gasteiger partial charge in [-0.25, -0.2) is 0 Å². The molecule has 142 valence electrons. The highest BCUT2D eigenvalue weighted by Gasteiger charge is 2.35. The fourth-order valence-corrected chi connectivity index (χ4v) is 4.35. The largest absolute Gasteiger partial charge is 0.507 e. The number of anilines is 1. The molecule has 4 heteroatoms. The van der Waals surface area contributed by atoms with Crippen LogP contribution in [0.15, 0.2) is 42.5 Å². The Hall–Kier alpha value is -2.49. The number of phenols is 1. The van der Waals surface area contributed by atoms with E-state index in [9.17, 15) is 9.90 Å². The van der Waals surface area contributed by atoms with Crippen LogP contribution in [0.1, 0.15) is 54.9 Å². The predicted octanol–water partition coefficient (Wildman–Crippen LogP) is 4.74. The molecule has 0 spiro atoms. The van der Waals surface area contributed by atoms with Gasteiger partial charge in [0.25, 0.3) is 0 Å². The molecule has 0 saturated carbocycles. The summed E-state index contributed by atoms with van der Waals surface area (Å²) >= 11 is 0. The van der Waals surface area contributed by atoms with Crippen LogP contribution in [0.25, 0.3) is 0 Å². The lowest BCUT2D eigenvalue weighted by atomic mass is 9.88. The zero-order chi connectivity index (χ0) is 18.8. The van der Waals surface area contributed by atoms with Crippen molar-refractivity contribution in [2.24, 2.45) is 0 Å². The molecule has 0 amide bonds. The molecule has 1 saturated heterocycles. The number of aromatic hydroxyl groups is 1. The minimum atomic E-state index is 0.0290. The van der Waals surface area contributed by atoms with E-state index in [4.69, 9.17) is 4.74 Å². The fourth-order valence-electron chi connectivity index (χ4n) is 4.35. The third kappa shape index (κ3) is 3.66. The van der Waals surface area contributed by atoms with Gasteiger partial charge in [0.2, 0.25) is 0 Å². The van der Waals surface area contributed by atoms with Gasteiger partial charge >= 0.3 is 0 Å². The molecule has 2 unspecified atom stereocenters. The summed E-state index contributed by atoms with van der Waals surface area (Å²) in [6, 6.07) is 14.1. The number of carbonyl (C=O) groups is 1. The first-order valence-corrected chi connectivity index (χ1v) is 10.0. The van der Waals surface area contributed by atoms with Gasteiger partial charge in [-0.15, -0.1) is 0 Å². The van der Waals surface area contributed by atoms with Crippen molar-refractivity contribution in [1.29, 1.82) is 0 Å². The number of benzene rings is 2. The van der Waals surface area contributed by atoms with Crippen LogP contribution in [0.4, 0.5) is 5.69 Å². The normalized spacial score (nSPS) is 20.0. The van der Waals surface area contributed by atoms with Crippen LogP contribution in [-0.2, 0) is 6.42 Å². The Labute approximate surface area is 160 Å². The molecule has 2 heterocycles. The summed E-state index contributed by atoms with van der Waals surface area (Å²) in [5.41, 5.74) is 2.55. The Morgan fingerprint density at radius 2 is 2.04 bits per heavy atom. The summed E-state index contributed by atoms with van der Waals surface area (Å²) in [5.74, 6) is 0.743. The van der Waals surface area contributed by atoms with Gasteiger partial charge in [0.1, 0.15) is 17.6 Å². The Balaban J connectivity index is 1.60. The Kier molecular flexibility index (Phi) is 5.06. The first-order chi connectivity index (χ1) is 13.2. The van der Waals surface area contributed by atoms with Gasteiger partial charge in [-0.05, 0) is 31.2 Å². The van der Waals surface area contributed by atoms with Crippen LogP contribution >= 0.6 is 0 Å². The number of ketones is 1. The standard InChI is InChI=1S/C23H27NO3/c1-2-18(12-16-8-4-3-5-9-16)27-19-14-20-23(22(26)15-19)21(25)13-17-10-6-7-11-24(17)20/h3-5,8-9,14-15,17-18,26H,2,6-7,10-13H2,1H3. The maximum Gasteiger partial charge on any atom is 0.170 e. The summed E-state index contributed by atoms with van der Waals surface area (Å²) < 4.78 is 6.23. The smallest absolute Gasteiger partial charge is 0.170 e. The molecular formula is C23H27NO3.